The average molecular weight is 274 g/mol. The molecule has 1 atom stereocenters. The lowest BCUT2D eigenvalue weighted by atomic mass is 9.86. The molecule has 20 heavy (non-hydrogen) atoms. The van der Waals surface area contributed by atoms with Crippen molar-refractivity contribution in [3.05, 3.63) is 29.3 Å². The van der Waals surface area contributed by atoms with Gasteiger partial charge in [-0.1, -0.05) is 12.1 Å². The molecule has 0 bridgehead atoms. The van der Waals surface area contributed by atoms with E-state index in [4.69, 9.17) is 10.5 Å². The summed E-state index contributed by atoms with van der Waals surface area (Å²) in [5.41, 5.74) is 8.52. The number of fused-ring (bicyclic) bond motifs is 1. The second kappa shape index (κ2) is 6.59. The lowest BCUT2D eigenvalue weighted by Gasteiger charge is -2.33. The number of hydrogen-bond donors (Lipinski definition) is 1. The highest BCUT2D eigenvalue weighted by Crippen LogP contribution is 2.39. The third kappa shape index (κ3) is 2.84. The van der Waals surface area contributed by atoms with Gasteiger partial charge in [0.15, 0.2) is 0 Å². The van der Waals surface area contributed by atoms with Gasteiger partial charge in [0.2, 0.25) is 0 Å². The lowest BCUT2D eigenvalue weighted by Crippen LogP contribution is -2.28. The van der Waals surface area contributed by atoms with Crippen LogP contribution in [0, 0.1) is 0 Å². The summed E-state index contributed by atoms with van der Waals surface area (Å²) in [6, 6.07) is 7.22. The molecule has 0 saturated carbocycles. The topological polar surface area (TPSA) is 38.5 Å². The average Bonchev–Trinajstić information content (AvgIpc) is 3.01. The van der Waals surface area contributed by atoms with Gasteiger partial charge in [0.25, 0.3) is 0 Å². The number of nitrogens with zero attached hydrogens (tertiary/aromatic N) is 1. The minimum absolute atomic E-state index is 0.624. The predicted molar refractivity (Wildman–Crippen MR) is 82.1 cm³/mol. The fourth-order valence-electron chi connectivity index (χ4n) is 3.62. The quantitative estimate of drug-likeness (QED) is 0.839. The summed E-state index contributed by atoms with van der Waals surface area (Å²) in [4.78, 5) is 2.67. The number of ether oxygens (including phenoxy) is 1. The standard InChI is InChI=1S/C17H26N2O/c18-10-5-13-20-17-9-4-6-14-15(17)7-3-8-16(14)19-11-1-2-12-19/h4,6,9,16H,1-3,5,7-8,10-13,18H2. The zero-order chi connectivity index (χ0) is 13.8. The highest BCUT2D eigenvalue weighted by Gasteiger charge is 2.29. The van der Waals surface area contributed by atoms with Gasteiger partial charge in [-0.25, -0.2) is 0 Å². The van der Waals surface area contributed by atoms with Crippen LogP contribution in [0.5, 0.6) is 5.75 Å². The molecular formula is C17H26N2O. The monoisotopic (exact) mass is 274 g/mol. The Morgan fingerprint density at radius 1 is 1.20 bits per heavy atom. The number of hydrogen-bond acceptors (Lipinski definition) is 3. The van der Waals surface area contributed by atoms with Crippen molar-refractivity contribution in [2.24, 2.45) is 5.73 Å². The van der Waals surface area contributed by atoms with Crippen LogP contribution in [0.25, 0.3) is 0 Å². The van der Waals surface area contributed by atoms with Crippen molar-refractivity contribution >= 4 is 0 Å². The first kappa shape index (κ1) is 13.9. The molecule has 1 saturated heterocycles. The van der Waals surface area contributed by atoms with E-state index in [1.54, 1.807) is 0 Å². The van der Waals surface area contributed by atoms with Crippen LogP contribution in [-0.2, 0) is 6.42 Å². The molecule has 0 amide bonds. The van der Waals surface area contributed by atoms with Crippen LogP contribution in [0.15, 0.2) is 18.2 Å². The molecule has 0 spiro atoms. The molecule has 3 nitrogen and oxygen atoms in total. The van der Waals surface area contributed by atoms with E-state index in [0.29, 0.717) is 12.6 Å². The molecular weight excluding hydrogens is 248 g/mol. The zero-order valence-corrected chi connectivity index (χ0v) is 12.3. The summed E-state index contributed by atoms with van der Waals surface area (Å²) >= 11 is 0. The smallest absolute Gasteiger partial charge is 0.122 e. The first-order valence-electron chi connectivity index (χ1n) is 8.09. The Bertz CT molecular complexity index is 441. The van der Waals surface area contributed by atoms with Crippen molar-refractivity contribution in [3.63, 3.8) is 0 Å². The molecule has 0 radical (unpaired) electrons. The largest absolute Gasteiger partial charge is 0.493 e. The Balaban J connectivity index is 1.80. The predicted octanol–water partition coefficient (Wildman–Crippen LogP) is 2.89. The van der Waals surface area contributed by atoms with Crippen LogP contribution in [-0.4, -0.2) is 31.1 Å². The first-order valence-corrected chi connectivity index (χ1v) is 8.09. The highest BCUT2D eigenvalue weighted by atomic mass is 16.5. The van der Waals surface area contributed by atoms with Gasteiger partial charge in [0.1, 0.15) is 5.75 Å². The van der Waals surface area contributed by atoms with Crippen LogP contribution < -0.4 is 10.5 Å². The van der Waals surface area contributed by atoms with E-state index in [9.17, 15) is 0 Å². The highest BCUT2D eigenvalue weighted by molar-refractivity contribution is 5.43. The molecule has 1 aromatic carbocycles. The van der Waals surface area contributed by atoms with Crippen LogP contribution in [0.1, 0.15) is 49.3 Å². The molecule has 110 valence electrons. The van der Waals surface area contributed by atoms with Crippen LogP contribution in [0.3, 0.4) is 0 Å². The number of likely N-dealkylation sites (tertiary alicyclic amines) is 1. The molecule has 1 fully saturated rings. The van der Waals surface area contributed by atoms with E-state index in [0.717, 1.165) is 18.8 Å². The maximum atomic E-state index is 5.96. The van der Waals surface area contributed by atoms with Crippen molar-refractivity contribution in [1.29, 1.82) is 0 Å². The van der Waals surface area contributed by atoms with E-state index in [2.05, 4.69) is 23.1 Å². The van der Waals surface area contributed by atoms with Gasteiger partial charge in [-0.05, 0) is 75.4 Å². The van der Waals surface area contributed by atoms with Gasteiger partial charge in [-0.15, -0.1) is 0 Å². The first-order chi connectivity index (χ1) is 9.90. The van der Waals surface area contributed by atoms with E-state index >= 15 is 0 Å². The second-order valence-corrected chi connectivity index (χ2v) is 5.97. The van der Waals surface area contributed by atoms with Gasteiger partial charge in [-0.2, -0.15) is 0 Å². The Hall–Kier alpha value is -1.06. The molecule has 3 rings (SSSR count). The lowest BCUT2D eigenvalue weighted by molar-refractivity contribution is 0.219. The summed E-state index contributed by atoms with van der Waals surface area (Å²) in [5.74, 6) is 1.10. The van der Waals surface area contributed by atoms with Crippen molar-refractivity contribution in [2.75, 3.05) is 26.2 Å². The van der Waals surface area contributed by atoms with Crippen LogP contribution in [0.2, 0.25) is 0 Å². The van der Waals surface area contributed by atoms with Gasteiger partial charge < -0.3 is 10.5 Å². The molecule has 3 heteroatoms. The zero-order valence-electron chi connectivity index (χ0n) is 12.3. The minimum atomic E-state index is 0.624. The minimum Gasteiger partial charge on any atom is -0.493 e. The number of benzene rings is 1. The molecule has 1 aromatic rings. The van der Waals surface area contributed by atoms with Gasteiger partial charge in [0.05, 0.1) is 6.61 Å². The Morgan fingerprint density at radius 3 is 2.85 bits per heavy atom. The molecule has 2 aliphatic rings. The molecule has 1 aliphatic heterocycles. The summed E-state index contributed by atoms with van der Waals surface area (Å²) in [6.07, 6.45) is 7.40. The molecule has 1 aliphatic carbocycles. The van der Waals surface area contributed by atoms with Crippen LogP contribution >= 0.6 is 0 Å². The molecule has 0 aromatic heterocycles. The second-order valence-electron chi connectivity index (χ2n) is 5.97. The number of nitrogens with two attached hydrogens (primary N) is 1. The number of rotatable bonds is 5. The van der Waals surface area contributed by atoms with E-state index in [1.165, 1.54) is 56.3 Å². The Labute approximate surface area is 122 Å². The molecule has 1 unspecified atom stereocenters. The maximum absolute atomic E-state index is 5.96. The van der Waals surface area contributed by atoms with Crippen molar-refractivity contribution < 1.29 is 4.74 Å². The normalized spacial score (nSPS) is 22.8. The van der Waals surface area contributed by atoms with Crippen molar-refractivity contribution in [3.8, 4) is 5.75 Å². The van der Waals surface area contributed by atoms with E-state index in [1.807, 2.05) is 0 Å². The Morgan fingerprint density at radius 2 is 2.05 bits per heavy atom. The fraction of sp³-hybridized carbons (Fsp3) is 0.647. The SMILES string of the molecule is NCCCOc1cccc2c1CCCC2N1CCCC1. The maximum Gasteiger partial charge on any atom is 0.122 e. The molecule has 1 heterocycles. The van der Waals surface area contributed by atoms with E-state index < -0.39 is 0 Å². The third-order valence-electron chi connectivity index (χ3n) is 4.62. The Kier molecular flexibility index (Phi) is 4.58. The van der Waals surface area contributed by atoms with E-state index in [-0.39, 0.29) is 0 Å². The third-order valence-corrected chi connectivity index (χ3v) is 4.62. The molecule has 2 N–H and O–H groups in total. The summed E-state index contributed by atoms with van der Waals surface area (Å²) in [7, 11) is 0. The van der Waals surface area contributed by atoms with Crippen molar-refractivity contribution in [1.82, 2.24) is 4.90 Å². The van der Waals surface area contributed by atoms with Gasteiger partial charge >= 0.3 is 0 Å². The van der Waals surface area contributed by atoms with Gasteiger partial charge in [-0.3, -0.25) is 4.90 Å². The van der Waals surface area contributed by atoms with Crippen LogP contribution in [0.4, 0.5) is 0 Å². The summed E-state index contributed by atoms with van der Waals surface area (Å²) < 4.78 is 5.96. The summed E-state index contributed by atoms with van der Waals surface area (Å²) in [6.45, 7) is 3.97. The fourth-order valence-corrected chi connectivity index (χ4v) is 3.62. The van der Waals surface area contributed by atoms with Crippen molar-refractivity contribution in [2.45, 2.75) is 44.6 Å². The summed E-state index contributed by atoms with van der Waals surface area (Å²) in [5, 5.41) is 0. The van der Waals surface area contributed by atoms with Gasteiger partial charge in [0, 0.05) is 6.04 Å².